The van der Waals surface area contributed by atoms with Gasteiger partial charge in [0.2, 0.25) is 5.91 Å². The molecule has 9 heteroatoms. The number of halogens is 2. The number of hydrazone groups is 1. The number of hydrogen-bond donors (Lipinski definition) is 2. The van der Waals surface area contributed by atoms with Crippen LogP contribution in [0, 0.1) is 12.7 Å². The molecule has 26 heavy (non-hydrogen) atoms. The van der Waals surface area contributed by atoms with E-state index >= 15 is 0 Å². The van der Waals surface area contributed by atoms with Crippen LogP contribution in [0.25, 0.3) is 0 Å². The summed E-state index contributed by atoms with van der Waals surface area (Å²) < 4.78 is 13.1. The minimum Gasteiger partial charge on any atom is -0.368 e. The van der Waals surface area contributed by atoms with Crippen molar-refractivity contribution in [3.63, 3.8) is 0 Å². The second kappa shape index (κ2) is 7.09. The quantitative estimate of drug-likeness (QED) is 0.855. The van der Waals surface area contributed by atoms with Gasteiger partial charge in [0.1, 0.15) is 17.6 Å². The molecule has 1 atom stereocenters. The molecule has 0 saturated heterocycles. The highest BCUT2D eigenvalue weighted by Gasteiger charge is 2.35. The SMILES string of the molecule is Cc1nccc(NC(=O)C2=NN(c3ccc(F)cc3)[C@H](C(N)=O)C2)c1Cl. The van der Waals surface area contributed by atoms with Crippen molar-refractivity contribution < 1.29 is 14.0 Å². The number of benzene rings is 1. The molecule has 2 aromatic rings. The molecule has 2 heterocycles. The van der Waals surface area contributed by atoms with Gasteiger partial charge in [-0.3, -0.25) is 19.6 Å². The molecule has 7 nitrogen and oxygen atoms in total. The Kier molecular flexibility index (Phi) is 4.85. The van der Waals surface area contributed by atoms with E-state index in [0.717, 1.165) is 0 Å². The van der Waals surface area contributed by atoms with Crippen molar-refractivity contribution in [2.75, 3.05) is 10.3 Å². The first-order valence-electron chi connectivity index (χ1n) is 7.71. The number of carbonyl (C=O) groups excluding carboxylic acids is 2. The number of anilines is 2. The number of pyridine rings is 1. The predicted molar refractivity (Wildman–Crippen MR) is 96.5 cm³/mol. The van der Waals surface area contributed by atoms with Crippen molar-refractivity contribution in [1.82, 2.24) is 4.98 Å². The molecule has 3 rings (SSSR count). The van der Waals surface area contributed by atoms with Crippen LogP contribution in [0.3, 0.4) is 0 Å². The second-order valence-corrected chi connectivity index (χ2v) is 6.08. The lowest BCUT2D eigenvalue weighted by molar-refractivity contribution is -0.119. The van der Waals surface area contributed by atoms with Gasteiger partial charge in [0.15, 0.2) is 0 Å². The van der Waals surface area contributed by atoms with Crippen LogP contribution in [0.4, 0.5) is 15.8 Å². The third kappa shape index (κ3) is 3.50. The van der Waals surface area contributed by atoms with Crippen molar-refractivity contribution >= 4 is 40.5 Å². The molecule has 1 aliphatic rings. The smallest absolute Gasteiger partial charge is 0.272 e. The third-order valence-electron chi connectivity index (χ3n) is 3.90. The van der Waals surface area contributed by atoms with Gasteiger partial charge in [-0.05, 0) is 37.3 Å². The number of hydrogen-bond acceptors (Lipinski definition) is 5. The van der Waals surface area contributed by atoms with Gasteiger partial charge in [0.05, 0.1) is 22.1 Å². The standard InChI is InChI=1S/C17H15ClFN5O2/c1-9-15(18)12(6-7-21-9)22-17(26)13-8-14(16(20)25)24(23-13)11-4-2-10(19)3-5-11/h2-7,14H,8H2,1H3,(H2,20,25)(H,21,22,26)/t14-/m0/s1. The number of rotatable bonds is 4. The van der Waals surface area contributed by atoms with E-state index in [1.807, 2.05) is 0 Å². The van der Waals surface area contributed by atoms with E-state index in [9.17, 15) is 14.0 Å². The monoisotopic (exact) mass is 375 g/mol. The minimum absolute atomic E-state index is 0.0280. The topological polar surface area (TPSA) is 101 Å². The Hall–Kier alpha value is -3.00. The number of amides is 2. The molecule has 0 unspecified atom stereocenters. The van der Waals surface area contributed by atoms with Crippen LogP contribution >= 0.6 is 11.6 Å². The Morgan fingerprint density at radius 1 is 1.31 bits per heavy atom. The van der Waals surface area contributed by atoms with Crippen molar-refractivity contribution in [2.45, 2.75) is 19.4 Å². The molecule has 0 radical (unpaired) electrons. The highest BCUT2D eigenvalue weighted by Crippen LogP contribution is 2.27. The van der Waals surface area contributed by atoms with Crippen molar-refractivity contribution in [3.8, 4) is 0 Å². The lowest BCUT2D eigenvalue weighted by Gasteiger charge is -2.20. The van der Waals surface area contributed by atoms with E-state index in [2.05, 4.69) is 15.4 Å². The van der Waals surface area contributed by atoms with Crippen LogP contribution in [0.2, 0.25) is 5.02 Å². The largest absolute Gasteiger partial charge is 0.368 e. The fraction of sp³-hybridized carbons (Fsp3) is 0.176. The molecule has 1 aliphatic heterocycles. The average molecular weight is 376 g/mol. The van der Waals surface area contributed by atoms with Gasteiger partial charge in [-0.1, -0.05) is 11.6 Å². The van der Waals surface area contributed by atoms with Crippen molar-refractivity contribution in [3.05, 3.63) is 53.1 Å². The van der Waals surface area contributed by atoms with Crippen LogP contribution < -0.4 is 16.1 Å². The first-order valence-corrected chi connectivity index (χ1v) is 8.08. The Morgan fingerprint density at radius 2 is 2.00 bits per heavy atom. The van der Waals surface area contributed by atoms with Gasteiger partial charge >= 0.3 is 0 Å². The molecule has 0 fully saturated rings. The van der Waals surface area contributed by atoms with E-state index in [-0.39, 0.29) is 12.1 Å². The zero-order valence-corrected chi connectivity index (χ0v) is 14.5. The Balaban J connectivity index is 1.86. The van der Waals surface area contributed by atoms with Gasteiger partial charge < -0.3 is 11.1 Å². The lowest BCUT2D eigenvalue weighted by atomic mass is 10.1. The fourth-order valence-electron chi connectivity index (χ4n) is 2.54. The normalized spacial score (nSPS) is 16.3. The molecule has 0 aliphatic carbocycles. The molecule has 1 aromatic heterocycles. The zero-order chi connectivity index (χ0) is 18.8. The molecule has 2 amide bonds. The van der Waals surface area contributed by atoms with E-state index in [1.54, 1.807) is 13.0 Å². The minimum atomic E-state index is -0.837. The molecule has 0 saturated carbocycles. The maximum absolute atomic E-state index is 13.1. The van der Waals surface area contributed by atoms with Crippen LogP contribution in [0.15, 0.2) is 41.6 Å². The van der Waals surface area contributed by atoms with Gasteiger partial charge in [-0.25, -0.2) is 4.39 Å². The molecule has 1 aromatic carbocycles. The van der Waals surface area contributed by atoms with E-state index in [4.69, 9.17) is 17.3 Å². The number of carbonyl (C=O) groups is 2. The number of nitrogens with one attached hydrogen (secondary N) is 1. The summed E-state index contributed by atoms with van der Waals surface area (Å²) in [5, 5.41) is 8.48. The summed E-state index contributed by atoms with van der Waals surface area (Å²) in [4.78, 5) is 28.3. The van der Waals surface area contributed by atoms with Gasteiger partial charge in [0, 0.05) is 12.6 Å². The predicted octanol–water partition coefficient (Wildman–Crippen LogP) is 2.24. The fourth-order valence-corrected chi connectivity index (χ4v) is 2.70. The van der Waals surface area contributed by atoms with Crippen molar-refractivity contribution in [2.24, 2.45) is 10.8 Å². The third-order valence-corrected chi connectivity index (χ3v) is 4.38. The first-order chi connectivity index (χ1) is 12.4. The number of primary amides is 1. The lowest BCUT2D eigenvalue weighted by Crippen LogP contribution is -2.39. The zero-order valence-electron chi connectivity index (χ0n) is 13.7. The highest BCUT2D eigenvalue weighted by atomic mass is 35.5. The van der Waals surface area contributed by atoms with E-state index in [0.29, 0.717) is 22.1 Å². The molecule has 134 valence electrons. The number of nitrogens with two attached hydrogens (primary N) is 1. The Labute approximate surface area is 153 Å². The Bertz CT molecular complexity index is 901. The second-order valence-electron chi connectivity index (χ2n) is 5.70. The summed E-state index contributed by atoms with van der Waals surface area (Å²) in [6.45, 7) is 1.71. The first kappa shape index (κ1) is 17.8. The Morgan fingerprint density at radius 3 is 2.65 bits per heavy atom. The van der Waals surface area contributed by atoms with Gasteiger partial charge in [0.25, 0.3) is 5.91 Å². The summed E-state index contributed by atoms with van der Waals surface area (Å²) in [5.41, 5.74) is 6.96. The summed E-state index contributed by atoms with van der Waals surface area (Å²) in [6, 6.07) is 6.11. The number of aryl methyl sites for hydroxylation is 1. The number of aromatic nitrogens is 1. The summed E-state index contributed by atoms with van der Waals surface area (Å²) in [5.74, 6) is -1.57. The maximum Gasteiger partial charge on any atom is 0.272 e. The molecule has 0 spiro atoms. The van der Waals surface area contributed by atoms with Crippen LogP contribution in [0.5, 0.6) is 0 Å². The molecule has 3 N–H and O–H groups in total. The van der Waals surface area contributed by atoms with Crippen LogP contribution in [-0.4, -0.2) is 28.6 Å². The van der Waals surface area contributed by atoms with E-state index < -0.39 is 23.7 Å². The van der Waals surface area contributed by atoms with E-state index in [1.165, 1.54) is 35.5 Å². The summed E-state index contributed by atoms with van der Waals surface area (Å²) >= 11 is 6.13. The number of nitrogens with zero attached hydrogens (tertiary/aromatic N) is 3. The summed E-state index contributed by atoms with van der Waals surface area (Å²) in [7, 11) is 0. The van der Waals surface area contributed by atoms with Crippen molar-refractivity contribution in [1.29, 1.82) is 0 Å². The summed E-state index contributed by atoms with van der Waals surface area (Å²) in [6.07, 6.45) is 1.55. The maximum atomic E-state index is 13.1. The van der Waals surface area contributed by atoms with Crippen LogP contribution in [-0.2, 0) is 9.59 Å². The molecule has 0 bridgehead atoms. The van der Waals surface area contributed by atoms with Crippen LogP contribution in [0.1, 0.15) is 12.1 Å². The molecular formula is C17H15ClFN5O2. The highest BCUT2D eigenvalue weighted by molar-refractivity contribution is 6.45. The van der Waals surface area contributed by atoms with Gasteiger partial charge in [-0.15, -0.1) is 0 Å². The average Bonchev–Trinajstić information content (AvgIpc) is 3.05. The van der Waals surface area contributed by atoms with Gasteiger partial charge in [-0.2, -0.15) is 5.10 Å². The molecular weight excluding hydrogens is 361 g/mol.